The maximum atomic E-state index is 12.6. The smallest absolute Gasteiger partial charge is 0.267 e. The zero-order valence-corrected chi connectivity index (χ0v) is 15.3. The van der Waals surface area contributed by atoms with Gasteiger partial charge in [0.1, 0.15) is 5.82 Å². The largest absolute Gasteiger partial charge is 0.383 e. The van der Waals surface area contributed by atoms with E-state index in [0.717, 1.165) is 10.6 Å². The van der Waals surface area contributed by atoms with Crippen LogP contribution in [0.4, 0.5) is 11.5 Å². The van der Waals surface area contributed by atoms with E-state index in [1.807, 2.05) is 0 Å². The number of aromatic nitrogens is 2. The predicted molar refractivity (Wildman–Crippen MR) is 107 cm³/mol. The van der Waals surface area contributed by atoms with Crippen LogP contribution in [-0.4, -0.2) is 33.3 Å². The van der Waals surface area contributed by atoms with Crippen molar-refractivity contribution < 1.29 is 9.59 Å². The third kappa shape index (κ3) is 4.13. The molecule has 3 aromatic rings. The minimum Gasteiger partial charge on any atom is -0.383 e. The van der Waals surface area contributed by atoms with Crippen molar-refractivity contribution in [3.8, 4) is 11.1 Å². The summed E-state index contributed by atoms with van der Waals surface area (Å²) in [5.41, 5.74) is 8.73. The van der Waals surface area contributed by atoms with Crippen LogP contribution in [-0.2, 0) is 0 Å². The van der Waals surface area contributed by atoms with E-state index in [0.29, 0.717) is 23.4 Å². The third-order valence-electron chi connectivity index (χ3n) is 4.17. The molecular weight excluding hydrogens is 356 g/mol. The average molecular weight is 376 g/mol. The second-order valence-electron chi connectivity index (χ2n) is 6.02. The van der Waals surface area contributed by atoms with Crippen molar-refractivity contribution in [2.45, 2.75) is 6.92 Å². The normalized spacial score (nSPS) is 10.4. The molecule has 0 atom stereocenters. The van der Waals surface area contributed by atoms with Crippen molar-refractivity contribution in [3.63, 3.8) is 0 Å². The van der Waals surface area contributed by atoms with Crippen molar-refractivity contribution in [2.75, 3.05) is 17.6 Å². The van der Waals surface area contributed by atoms with Gasteiger partial charge in [-0.15, -0.1) is 0 Å². The third-order valence-corrected chi connectivity index (χ3v) is 4.17. The maximum Gasteiger partial charge on any atom is 0.267 e. The van der Waals surface area contributed by atoms with E-state index in [1.165, 1.54) is 0 Å². The highest BCUT2D eigenvalue weighted by molar-refractivity contribution is 6.07. The number of anilines is 2. The van der Waals surface area contributed by atoms with Crippen molar-refractivity contribution in [2.24, 2.45) is 5.84 Å². The SMILES string of the molecule is CCN(N)C(=O)c1ccc(-c2cnc(N)c(C(=O)Nc3ccncc3)c2)cc1. The number of nitrogens with two attached hydrogens (primary N) is 2. The molecule has 0 bridgehead atoms. The Kier molecular flexibility index (Phi) is 5.61. The van der Waals surface area contributed by atoms with Gasteiger partial charge in [-0.05, 0) is 42.8 Å². The number of nitrogens with one attached hydrogen (secondary N) is 1. The Hall–Kier alpha value is -3.78. The molecule has 0 unspecified atom stereocenters. The molecule has 8 nitrogen and oxygen atoms in total. The molecule has 0 aliphatic heterocycles. The van der Waals surface area contributed by atoms with Crippen LogP contribution in [0.1, 0.15) is 27.6 Å². The summed E-state index contributed by atoms with van der Waals surface area (Å²) >= 11 is 0. The van der Waals surface area contributed by atoms with E-state index in [4.69, 9.17) is 11.6 Å². The first-order valence-corrected chi connectivity index (χ1v) is 8.63. The molecule has 2 heterocycles. The zero-order chi connectivity index (χ0) is 20.1. The Bertz CT molecular complexity index is 989. The average Bonchev–Trinajstić information content (AvgIpc) is 2.73. The molecule has 142 valence electrons. The fraction of sp³-hybridized carbons (Fsp3) is 0.100. The number of benzene rings is 1. The van der Waals surface area contributed by atoms with Crippen molar-refractivity contribution in [1.82, 2.24) is 15.0 Å². The summed E-state index contributed by atoms with van der Waals surface area (Å²) in [6.45, 7) is 2.21. The molecule has 0 radical (unpaired) electrons. The highest BCUT2D eigenvalue weighted by Crippen LogP contribution is 2.23. The van der Waals surface area contributed by atoms with Gasteiger partial charge in [-0.2, -0.15) is 0 Å². The lowest BCUT2D eigenvalue weighted by atomic mass is 10.0. The summed E-state index contributed by atoms with van der Waals surface area (Å²) in [6.07, 6.45) is 4.74. The molecule has 2 amide bonds. The molecule has 8 heteroatoms. The van der Waals surface area contributed by atoms with E-state index >= 15 is 0 Å². The predicted octanol–water partition coefficient (Wildman–Crippen LogP) is 2.31. The number of rotatable bonds is 5. The fourth-order valence-corrected chi connectivity index (χ4v) is 2.56. The first-order chi connectivity index (χ1) is 13.5. The van der Waals surface area contributed by atoms with Crippen LogP contribution in [0, 0.1) is 0 Å². The van der Waals surface area contributed by atoms with Crippen LogP contribution in [0.3, 0.4) is 0 Å². The van der Waals surface area contributed by atoms with Gasteiger partial charge in [0, 0.05) is 41.9 Å². The van der Waals surface area contributed by atoms with Crippen molar-refractivity contribution >= 4 is 23.3 Å². The van der Waals surface area contributed by atoms with Gasteiger partial charge < -0.3 is 11.1 Å². The highest BCUT2D eigenvalue weighted by Gasteiger charge is 2.14. The van der Waals surface area contributed by atoms with Gasteiger partial charge in [0.15, 0.2) is 0 Å². The van der Waals surface area contributed by atoms with E-state index in [1.54, 1.807) is 68.0 Å². The van der Waals surface area contributed by atoms with Gasteiger partial charge in [0.05, 0.1) is 5.56 Å². The Morgan fingerprint density at radius 1 is 1.07 bits per heavy atom. The summed E-state index contributed by atoms with van der Waals surface area (Å²) in [5.74, 6) is 5.14. The molecule has 1 aromatic carbocycles. The van der Waals surface area contributed by atoms with E-state index in [9.17, 15) is 9.59 Å². The zero-order valence-electron chi connectivity index (χ0n) is 15.3. The van der Waals surface area contributed by atoms with Crippen LogP contribution in [0.5, 0.6) is 0 Å². The molecular formula is C20H20N6O2. The summed E-state index contributed by atoms with van der Waals surface area (Å²) in [5, 5.41) is 3.90. The van der Waals surface area contributed by atoms with Crippen LogP contribution >= 0.6 is 0 Å². The molecule has 5 N–H and O–H groups in total. The number of hydrogen-bond donors (Lipinski definition) is 3. The Morgan fingerprint density at radius 2 is 1.75 bits per heavy atom. The summed E-state index contributed by atoms with van der Waals surface area (Å²) in [4.78, 5) is 32.7. The second-order valence-corrected chi connectivity index (χ2v) is 6.02. The van der Waals surface area contributed by atoms with E-state index in [-0.39, 0.29) is 23.2 Å². The molecule has 0 aliphatic rings. The number of nitrogens with zero attached hydrogens (tertiary/aromatic N) is 3. The minimum absolute atomic E-state index is 0.129. The number of amides is 2. The van der Waals surface area contributed by atoms with Gasteiger partial charge in [-0.25, -0.2) is 10.8 Å². The number of pyridine rings is 2. The van der Waals surface area contributed by atoms with E-state index in [2.05, 4.69) is 15.3 Å². The number of nitrogen functional groups attached to an aromatic ring is 1. The number of carbonyl (C=O) groups excluding carboxylic acids is 2. The fourth-order valence-electron chi connectivity index (χ4n) is 2.56. The highest BCUT2D eigenvalue weighted by atomic mass is 16.2. The molecule has 0 aliphatic carbocycles. The monoisotopic (exact) mass is 376 g/mol. The Morgan fingerprint density at radius 3 is 2.39 bits per heavy atom. The lowest BCUT2D eigenvalue weighted by molar-refractivity contribution is 0.0764. The molecule has 0 spiro atoms. The molecule has 0 fully saturated rings. The minimum atomic E-state index is -0.369. The Balaban J connectivity index is 1.85. The van der Waals surface area contributed by atoms with Crippen LogP contribution in [0.2, 0.25) is 0 Å². The maximum absolute atomic E-state index is 12.6. The first kappa shape index (κ1) is 19.0. The van der Waals surface area contributed by atoms with Gasteiger partial charge >= 0.3 is 0 Å². The topological polar surface area (TPSA) is 127 Å². The van der Waals surface area contributed by atoms with E-state index < -0.39 is 0 Å². The van der Waals surface area contributed by atoms with Gasteiger partial charge in [-0.1, -0.05) is 12.1 Å². The quantitative estimate of drug-likeness (QED) is 0.356. The molecule has 3 rings (SSSR count). The summed E-state index contributed by atoms with van der Waals surface area (Å²) in [6, 6.07) is 11.9. The standard InChI is InChI=1S/C20H20N6O2/c1-2-26(22)20(28)14-5-3-13(4-6-14)15-11-17(18(21)24-12-15)19(27)25-16-7-9-23-10-8-16/h3-12H,2,22H2,1H3,(H2,21,24)(H,23,25,27). The second kappa shape index (κ2) is 8.28. The van der Waals surface area contributed by atoms with Crippen molar-refractivity contribution in [3.05, 3.63) is 72.2 Å². The molecule has 0 saturated carbocycles. The van der Waals surface area contributed by atoms with Crippen LogP contribution in [0.25, 0.3) is 11.1 Å². The first-order valence-electron chi connectivity index (χ1n) is 8.63. The van der Waals surface area contributed by atoms with Crippen molar-refractivity contribution in [1.29, 1.82) is 0 Å². The molecule has 28 heavy (non-hydrogen) atoms. The molecule has 0 saturated heterocycles. The number of carbonyl (C=O) groups is 2. The summed E-state index contributed by atoms with van der Waals surface area (Å²) in [7, 11) is 0. The summed E-state index contributed by atoms with van der Waals surface area (Å²) < 4.78 is 0. The molecule has 2 aromatic heterocycles. The lowest BCUT2D eigenvalue weighted by Gasteiger charge is -2.14. The number of hydrazine groups is 1. The van der Waals surface area contributed by atoms with Gasteiger partial charge in [0.25, 0.3) is 11.8 Å². The van der Waals surface area contributed by atoms with Crippen LogP contribution in [0.15, 0.2) is 61.1 Å². The lowest BCUT2D eigenvalue weighted by Crippen LogP contribution is -2.36. The van der Waals surface area contributed by atoms with Gasteiger partial charge in [0.2, 0.25) is 0 Å². The Labute approximate surface area is 162 Å². The van der Waals surface area contributed by atoms with Gasteiger partial charge in [-0.3, -0.25) is 19.6 Å². The van der Waals surface area contributed by atoms with Crippen LogP contribution < -0.4 is 16.9 Å². The number of hydrogen-bond acceptors (Lipinski definition) is 6.